The number of aromatic nitrogens is 1. The molecule has 0 unspecified atom stereocenters. The van der Waals surface area contributed by atoms with Gasteiger partial charge in [0.1, 0.15) is 5.82 Å². The van der Waals surface area contributed by atoms with Crippen molar-refractivity contribution in [3.05, 3.63) is 59.7 Å². The average Bonchev–Trinajstić information content (AvgIpc) is 3.44. The number of amides is 2. The predicted octanol–water partition coefficient (Wildman–Crippen LogP) is 2.84. The number of halogens is 1. The van der Waals surface area contributed by atoms with Gasteiger partial charge in [0.15, 0.2) is 0 Å². The van der Waals surface area contributed by atoms with Crippen LogP contribution in [-0.2, 0) is 16.1 Å². The van der Waals surface area contributed by atoms with Crippen LogP contribution in [0.3, 0.4) is 0 Å². The minimum atomic E-state index is -0.575. The molecule has 4 rings (SSSR count). The molecule has 25 heavy (non-hydrogen) atoms. The Bertz CT molecular complexity index is 821. The molecule has 0 spiro atoms. The van der Waals surface area contributed by atoms with Gasteiger partial charge in [0.2, 0.25) is 11.8 Å². The van der Waals surface area contributed by atoms with Crippen LogP contribution in [0.25, 0.3) is 0 Å². The maximum absolute atomic E-state index is 13.5. The molecule has 1 N–H and O–H groups in total. The molecule has 2 aliphatic rings. The van der Waals surface area contributed by atoms with Crippen molar-refractivity contribution in [2.24, 2.45) is 0 Å². The predicted molar refractivity (Wildman–Crippen MR) is 90.2 cm³/mol. The molecule has 1 fully saturated rings. The minimum Gasteiger partial charge on any atom is -0.333 e. The van der Waals surface area contributed by atoms with Gasteiger partial charge in [-0.25, -0.2) is 4.39 Å². The fourth-order valence-corrected chi connectivity index (χ4v) is 3.30. The normalized spacial score (nSPS) is 19.1. The molecule has 1 aromatic carbocycles. The number of nitrogens with zero attached hydrogens (tertiary/aromatic N) is 2. The van der Waals surface area contributed by atoms with Gasteiger partial charge in [-0.1, -0.05) is 12.1 Å². The van der Waals surface area contributed by atoms with Crippen LogP contribution in [0, 0.1) is 5.82 Å². The number of anilines is 1. The summed E-state index contributed by atoms with van der Waals surface area (Å²) >= 11 is 0. The lowest BCUT2D eigenvalue weighted by Gasteiger charge is -2.30. The first kappa shape index (κ1) is 15.7. The molecule has 6 heteroatoms. The summed E-state index contributed by atoms with van der Waals surface area (Å²) in [7, 11) is 0. The van der Waals surface area contributed by atoms with Crippen LogP contribution in [0.5, 0.6) is 0 Å². The summed E-state index contributed by atoms with van der Waals surface area (Å²) in [6.07, 6.45) is 3.72. The van der Waals surface area contributed by atoms with Crippen molar-refractivity contribution in [2.45, 2.75) is 37.8 Å². The summed E-state index contributed by atoms with van der Waals surface area (Å²) < 4.78 is 13.5. The summed E-state index contributed by atoms with van der Waals surface area (Å²) in [6, 6.07) is 10.0. The lowest BCUT2D eigenvalue weighted by atomic mass is 9.89. The van der Waals surface area contributed by atoms with Gasteiger partial charge in [0, 0.05) is 24.3 Å². The fourth-order valence-electron chi connectivity index (χ4n) is 3.30. The van der Waals surface area contributed by atoms with Crippen LogP contribution in [0.1, 0.15) is 36.4 Å². The average molecular weight is 339 g/mol. The Kier molecular flexibility index (Phi) is 3.95. The van der Waals surface area contributed by atoms with E-state index in [2.05, 4.69) is 10.3 Å². The minimum absolute atomic E-state index is 0.0862. The first-order valence-corrected chi connectivity index (χ1v) is 8.41. The highest BCUT2D eigenvalue weighted by Gasteiger charge is 2.39. The number of benzene rings is 1. The topological polar surface area (TPSA) is 62.3 Å². The highest BCUT2D eigenvalue weighted by atomic mass is 19.1. The van der Waals surface area contributed by atoms with E-state index in [0.29, 0.717) is 17.8 Å². The maximum atomic E-state index is 13.5. The highest BCUT2D eigenvalue weighted by Crippen LogP contribution is 2.37. The largest absolute Gasteiger partial charge is 0.333 e. The van der Waals surface area contributed by atoms with Gasteiger partial charge in [-0.15, -0.1) is 0 Å². The van der Waals surface area contributed by atoms with Crippen molar-refractivity contribution in [1.29, 1.82) is 0 Å². The quantitative estimate of drug-likeness (QED) is 0.932. The lowest BCUT2D eigenvalue weighted by Crippen LogP contribution is -2.39. The molecule has 1 aliphatic heterocycles. The summed E-state index contributed by atoms with van der Waals surface area (Å²) in [6.45, 7) is 0.430. The zero-order valence-corrected chi connectivity index (χ0v) is 13.6. The van der Waals surface area contributed by atoms with Crippen LogP contribution in [0.15, 0.2) is 42.6 Å². The maximum Gasteiger partial charge on any atom is 0.231 e. The van der Waals surface area contributed by atoms with E-state index in [-0.39, 0.29) is 24.3 Å². The molecule has 0 radical (unpaired) electrons. The van der Waals surface area contributed by atoms with Gasteiger partial charge in [-0.3, -0.25) is 14.6 Å². The molecule has 128 valence electrons. The van der Waals surface area contributed by atoms with Crippen molar-refractivity contribution in [3.63, 3.8) is 0 Å². The monoisotopic (exact) mass is 339 g/mol. The fraction of sp³-hybridized carbons (Fsp3) is 0.316. The van der Waals surface area contributed by atoms with Crippen molar-refractivity contribution < 1.29 is 14.0 Å². The molecule has 5 nitrogen and oxygen atoms in total. The molecule has 1 aliphatic carbocycles. The molecule has 1 atom stereocenters. The molecule has 1 saturated carbocycles. The summed E-state index contributed by atoms with van der Waals surface area (Å²) in [4.78, 5) is 31.3. The lowest BCUT2D eigenvalue weighted by molar-refractivity contribution is -0.136. The third-order valence-electron chi connectivity index (χ3n) is 4.68. The second kappa shape index (κ2) is 6.27. The second-order valence-corrected chi connectivity index (χ2v) is 6.55. The zero-order valence-electron chi connectivity index (χ0n) is 13.6. The van der Waals surface area contributed by atoms with E-state index < -0.39 is 11.7 Å². The Labute approximate surface area is 144 Å². The van der Waals surface area contributed by atoms with Crippen LogP contribution in [-0.4, -0.2) is 27.7 Å². The van der Waals surface area contributed by atoms with Crippen LogP contribution >= 0.6 is 0 Å². The van der Waals surface area contributed by atoms with Crippen LogP contribution < -0.4 is 5.32 Å². The van der Waals surface area contributed by atoms with Gasteiger partial charge < -0.3 is 10.2 Å². The summed E-state index contributed by atoms with van der Waals surface area (Å²) in [5, 5.41) is 2.66. The van der Waals surface area contributed by atoms with Gasteiger partial charge in [-0.2, -0.15) is 0 Å². The molecule has 0 saturated heterocycles. The van der Waals surface area contributed by atoms with Gasteiger partial charge in [0.05, 0.1) is 18.2 Å². The van der Waals surface area contributed by atoms with Crippen molar-refractivity contribution >= 4 is 17.5 Å². The number of fused-ring (bicyclic) bond motifs is 1. The zero-order chi connectivity index (χ0) is 17.4. The molecular weight excluding hydrogens is 321 g/mol. The van der Waals surface area contributed by atoms with Crippen molar-refractivity contribution in [1.82, 2.24) is 9.88 Å². The van der Waals surface area contributed by atoms with Gasteiger partial charge in [0.25, 0.3) is 0 Å². The van der Waals surface area contributed by atoms with E-state index in [1.54, 1.807) is 12.3 Å². The smallest absolute Gasteiger partial charge is 0.231 e. The Morgan fingerprint density at radius 2 is 2.12 bits per heavy atom. The molecule has 2 aromatic rings. The Hall–Kier alpha value is -2.76. The molecule has 0 bridgehead atoms. The number of hydrogen-bond acceptors (Lipinski definition) is 3. The van der Waals surface area contributed by atoms with Crippen LogP contribution in [0.4, 0.5) is 10.1 Å². The highest BCUT2D eigenvalue weighted by molar-refractivity contribution is 6.01. The first-order chi connectivity index (χ1) is 12.1. The summed E-state index contributed by atoms with van der Waals surface area (Å²) in [5.41, 5.74) is 1.89. The third kappa shape index (κ3) is 3.24. The van der Waals surface area contributed by atoms with Gasteiger partial charge in [-0.05, 0) is 42.7 Å². The van der Waals surface area contributed by atoms with E-state index in [4.69, 9.17) is 0 Å². The number of carbonyl (C=O) groups is 2. The third-order valence-corrected chi connectivity index (χ3v) is 4.68. The second-order valence-electron chi connectivity index (χ2n) is 6.55. The first-order valence-electron chi connectivity index (χ1n) is 8.41. The Morgan fingerprint density at radius 1 is 1.28 bits per heavy atom. The van der Waals surface area contributed by atoms with E-state index in [9.17, 15) is 14.0 Å². The Balaban J connectivity index is 1.63. The number of carbonyl (C=O) groups excluding carboxylic acids is 2. The molecule has 1 aromatic heterocycles. The van der Waals surface area contributed by atoms with Crippen molar-refractivity contribution in [2.75, 3.05) is 5.32 Å². The number of nitrogens with one attached hydrogen (secondary N) is 1. The Morgan fingerprint density at radius 3 is 2.84 bits per heavy atom. The summed E-state index contributed by atoms with van der Waals surface area (Å²) in [5.74, 6) is -1.35. The van der Waals surface area contributed by atoms with Gasteiger partial charge >= 0.3 is 0 Å². The molecular formula is C19H18FN3O2. The van der Waals surface area contributed by atoms with Crippen molar-refractivity contribution in [3.8, 4) is 0 Å². The number of pyridine rings is 1. The SMILES string of the molecule is O=C1C[C@H](C(=O)N(Cc2ccccn2)C2CC2)c2ccc(F)cc2N1. The number of rotatable bonds is 4. The van der Waals surface area contributed by atoms with Crippen LogP contribution in [0.2, 0.25) is 0 Å². The van der Waals surface area contributed by atoms with E-state index in [1.165, 1.54) is 12.1 Å². The molecule has 2 heterocycles. The van der Waals surface area contributed by atoms with E-state index in [0.717, 1.165) is 18.5 Å². The van der Waals surface area contributed by atoms with E-state index in [1.807, 2.05) is 23.1 Å². The number of hydrogen-bond donors (Lipinski definition) is 1. The van der Waals surface area contributed by atoms with E-state index >= 15 is 0 Å². The molecule has 2 amide bonds. The standard InChI is InChI=1S/C19H18FN3O2/c20-12-4-7-15-16(10-18(24)22-17(15)9-12)19(25)23(14-5-6-14)11-13-3-1-2-8-21-13/h1-4,7-9,14,16H,5-6,10-11H2,(H,22,24)/t16-/m0/s1.